The van der Waals surface area contributed by atoms with Gasteiger partial charge in [0, 0.05) is 24.0 Å². The Morgan fingerprint density at radius 3 is 2.48 bits per heavy atom. The Bertz CT molecular complexity index is 977. The van der Waals surface area contributed by atoms with Crippen molar-refractivity contribution in [3.8, 4) is 0 Å². The van der Waals surface area contributed by atoms with E-state index >= 15 is 0 Å². The van der Waals surface area contributed by atoms with Crippen molar-refractivity contribution in [3.63, 3.8) is 0 Å². The molecule has 0 spiro atoms. The van der Waals surface area contributed by atoms with Crippen LogP contribution >= 0.6 is 0 Å². The average molecular weight is 362 g/mol. The number of rotatable bonds is 7. The minimum Gasteiger partial charge on any atom is -0.338 e. The molecule has 0 atom stereocenters. The molecule has 4 nitrogen and oxygen atoms in total. The summed E-state index contributed by atoms with van der Waals surface area (Å²) in [7, 11) is 0. The molecule has 0 saturated heterocycles. The Balaban J connectivity index is 1.84. The lowest BCUT2D eigenvalue weighted by atomic mass is 10.1. The summed E-state index contributed by atoms with van der Waals surface area (Å²) in [6.45, 7) is 4.90. The van der Waals surface area contributed by atoms with Crippen molar-refractivity contribution >= 4 is 16.8 Å². The Morgan fingerprint density at radius 1 is 1.00 bits per heavy atom. The summed E-state index contributed by atoms with van der Waals surface area (Å²) in [6.07, 6.45) is 2.15. The van der Waals surface area contributed by atoms with Crippen LogP contribution in [0.15, 0.2) is 59.4 Å². The zero-order chi connectivity index (χ0) is 19.2. The van der Waals surface area contributed by atoms with Gasteiger partial charge in [0.15, 0.2) is 0 Å². The predicted octanol–water partition coefficient (Wildman–Crippen LogP) is 4.07. The first-order valence-electron chi connectivity index (χ1n) is 9.57. The predicted molar refractivity (Wildman–Crippen MR) is 110 cm³/mol. The van der Waals surface area contributed by atoms with Crippen molar-refractivity contribution in [2.24, 2.45) is 0 Å². The van der Waals surface area contributed by atoms with Gasteiger partial charge < -0.3 is 9.88 Å². The van der Waals surface area contributed by atoms with Gasteiger partial charge in [0.1, 0.15) is 0 Å². The van der Waals surface area contributed by atoms with Crippen LogP contribution in [0.25, 0.3) is 10.9 Å². The largest absolute Gasteiger partial charge is 0.338 e. The summed E-state index contributed by atoms with van der Waals surface area (Å²) in [5.41, 5.74) is 3.75. The molecule has 2 aromatic carbocycles. The number of fused-ring (bicyclic) bond motifs is 1. The molecule has 1 aromatic heterocycles. The highest BCUT2D eigenvalue weighted by Gasteiger charge is 2.15. The molecule has 0 aliphatic carbocycles. The number of carbonyl (C=O) groups is 1. The van der Waals surface area contributed by atoms with Crippen LogP contribution in [0.1, 0.15) is 37.0 Å². The highest BCUT2D eigenvalue weighted by Crippen LogP contribution is 2.15. The molecule has 1 amide bonds. The van der Waals surface area contributed by atoms with Gasteiger partial charge in [-0.25, -0.2) is 0 Å². The summed E-state index contributed by atoms with van der Waals surface area (Å²) < 4.78 is 0. The van der Waals surface area contributed by atoms with Crippen LogP contribution in [0.2, 0.25) is 0 Å². The molecule has 27 heavy (non-hydrogen) atoms. The first-order chi connectivity index (χ1) is 13.1. The molecule has 0 bridgehead atoms. The number of pyridine rings is 1. The Hall–Kier alpha value is -2.88. The maximum Gasteiger partial charge on any atom is 0.253 e. The number of H-pyrrole nitrogens is 1. The standard InChI is InChI=1S/C23H26N2O2/c1-3-17-10-11-21-19(14-17)15-20(23(27)24-21)16-25(22(26)4-2)13-12-18-8-6-5-7-9-18/h5-11,14-15H,3-4,12-13,16H2,1-2H3,(H,24,27). The second kappa shape index (κ2) is 8.67. The van der Waals surface area contributed by atoms with Crippen molar-refractivity contribution in [3.05, 3.63) is 81.6 Å². The maximum atomic E-state index is 12.5. The molecule has 0 unspecified atom stereocenters. The summed E-state index contributed by atoms with van der Waals surface area (Å²) in [4.78, 5) is 29.7. The number of aromatic nitrogens is 1. The van der Waals surface area contributed by atoms with Gasteiger partial charge in [0.2, 0.25) is 5.91 Å². The van der Waals surface area contributed by atoms with E-state index in [0.29, 0.717) is 25.1 Å². The minimum atomic E-state index is -0.125. The van der Waals surface area contributed by atoms with E-state index in [9.17, 15) is 9.59 Å². The first kappa shape index (κ1) is 18.9. The number of aryl methyl sites for hydroxylation is 1. The molecule has 3 aromatic rings. The average Bonchev–Trinajstić information content (AvgIpc) is 2.71. The van der Waals surface area contributed by atoms with Crippen LogP contribution < -0.4 is 5.56 Å². The van der Waals surface area contributed by atoms with Gasteiger partial charge in [-0.15, -0.1) is 0 Å². The third-order valence-electron chi connectivity index (χ3n) is 4.92. The number of amides is 1. The van der Waals surface area contributed by atoms with Gasteiger partial charge in [-0.3, -0.25) is 9.59 Å². The number of carbonyl (C=O) groups excluding carboxylic acids is 1. The van der Waals surface area contributed by atoms with Crippen LogP contribution in [0.5, 0.6) is 0 Å². The molecule has 1 N–H and O–H groups in total. The SMILES string of the molecule is CCC(=O)N(CCc1ccccc1)Cc1cc2cc(CC)ccc2[nH]c1=O. The molecule has 1 heterocycles. The zero-order valence-electron chi connectivity index (χ0n) is 16.0. The second-order valence-corrected chi connectivity index (χ2v) is 6.80. The Labute approximate surface area is 159 Å². The van der Waals surface area contributed by atoms with E-state index in [4.69, 9.17) is 0 Å². The van der Waals surface area contributed by atoms with Crippen LogP contribution in [0, 0.1) is 0 Å². The molecule has 0 radical (unpaired) electrons. The first-order valence-corrected chi connectivity index (χ1v) is 9.57. The number of nitrogens with one attached hydrogen (secondary N) is 1. The highest BCUT2D eigenvalue weighted by molar-refractivity contribution is 5.80. The van der Waals surface area contributed by atoms with Gasteiger partial charge >= 0.3 is 0 Å². The number of benzene rings is 2. The molecule has 0 aliphatic heterocycles. The van der Waals surface area contributed by atoms with Crippen molar-refractivity contribution in [1.82, 2.24) is 9.88 Å². The fourth-order valence-electron chi connectivity index (χ4n) is 3.27. The third-order valence-corrected chi connectivity index (χ3v) is 4.92. The van der Waals surface area contributed by atoms with Crippen molar-refractivity contribution < 1.29 is 4.79 Å². The molecule has 0 saturated carbocycles. The van der Waals surface area contributed by atoms with E-state index < -0.39 is 0 Å². The number of hydrogen-bond acceptors (Lipinski definition) is 2. The lowest BCUT2D eigenvalue weighted by Gasteiger charge is -2.22. The second-order valence-electron chi connectivity index (χ2n) is 6.80. The molecule has 140 valence electrons. The van der Waals surface area contributed by atoms with E-state index in [1.807, 2.05) is 43.3 Å². The van der Waals surface area contributed by atoms with E-state index in [2.05, 4.69) is 30.1 Å². The highest BCUT2D eigenvalue weighted by atomic mass is 16.2. The lowest BCUT2D eigenvalue weighted by molar-refractivity contribution is -0.131. The summed E-state index contributed by atoms with van der Waals surface area (Å²) in [5.74, 6) is 0.0627. The quantitative estimate of drug-likeness (QED) is 0.689. The minimum absolute atomic E-state index is 0.0627. The van der Waals surface area contributed by atoms with Gasteiger partial charge in [-0.2, -0.15) is 0 Å². The molecule has 3 rings (SSSR count). The van der Waals surface area contributed by atoms with Crippen LogP contribution in [-0.2, 0) is 24.2 Å². The molecule has 0 aliphatic rings. The normalized spacial score (nSPS) is 10.9. The Morgan fingerprint density at radius 2 is 1.78 bits per heavy atom. The van der Waals surface area contributed by atoms with Crippen LogP contribution in [0.3, 0.4) is 0 Å². The summed E-state index contributed by atoms with van der Waals surface area (Å²) in [6, 6.07) is 18.1. The van der Waals surface area contributed by atoms with Gasteiger partial charge in [0.25, 0.3) is 5.56 Å². The molecular weight excluding hydrogens is 336 g/mol. The fourth-order valence-corrected chi connectivity index (χ4v) is 3.27. The summed E-state index contributed by atoms with van der Waals surface area (Å²) >= 11 is 0. The van der Waals surface area contributed by atoms with E-state index in [1.54, 1.807) is 4.90 Å². The Kier molecular flexibility index (Phi) is 6.07. The van der Waals surface area contributed by atoms with Crippen molar-refractivity contribution in [2.75, 3.05) is 6.54 Å². The monoisotopic (exact) mass is 362 g/mol. The lowest BCUT2D eigenvalue weighted by Crippen LogP contribution is -2.34. The van der Waals surface area contributed by atoms with Gasteiger partial charge in [-0.1, -0.05) is 50.2 Å². The van der Waals surface area contributed by atoms with Gasteiger partial charge in [-0.05, 0) is 47.6 Å². The van der Waals surface area contributed by atoms with Crippen molar-refractivity contribution in [2.45, 2.75) is 39.7 Å². The fraction of sp³-hybridized carbons (Fsp3) is 0.304. The van der Waals surface area contributed by atoms with Gasteiger partial charge in [0.05, 0.1) is 6.54 Å². The third kappa shape index (κ3) is 4.64. The van der Waals surface area contributed by atoms with Crippen LogP contribution in [0.4, 0.5) is 0 Å². The summed E-state index contributed by atoms with van der Waals surface area (Å²) in [5, 5.41) is 1.01. The number of nitrogens with zero attached hydrogens (tertiary/aromatic N) is 1. The van der Waals surface area contributed by atoms with E-state index in [1.165, 1.54) is 11.1 Å². The van der Waals surface area contributed by atoms with E-state index in [0.717, 1.165) is 23.7 Å². The van der Waals surface area contributed by atoms with Crippen LogP contribution in [-0.4, -0.2) is 22.3 Å². The number of hydrogen-bond donors (Lipinski definition) is 1. The van der Waals surface area contributed by atoms with Crippen molar-refractivity contribution in [1.29, 1.82) is 0 Å². The topological polar surface area (TPSA) is 53.2 Å². The van der Waals surface area contributed by atoms with E-state index in [-0.39, 0.29) is 11.5 Å². The number of aromatic amines is 1. The zero-order valence-corrected chi connectivity index (χ0v) is 16.0. The smallest absolute Gasteiger partial charge is 0.253 e. The molecule has 4 heteroatoms. The maximum absolute atomic E-state index is 12.5. The molecular formula is C23H26N2O2. The molecule has 0 fully saturated rings.